The summed E-state index contributed by atoms with van der Waals surface area (Å²) in [6.07, 6.45) is -0.446. The van der Waals surface area contributed by atoms with Crippen molar-refractivity contribution in [2.24, 2.45) is 5.73 Å². The molecule has 56 valence electrons. The van der Waals surface area contributed by atoms with E-state index in [1.54, 1.807) is 7.11 Å². The Bertz CT molecular complexity index is 60.9. The van der Waals surface area contributed by atoms with Crippen LogP contribution in [-0.2, 0) is 4.74 Å². The van der Waals surface area contributed by atoms with Crippen LogP contribution in [0.4, 0.5) is 0 Å². The highest BCUT2D eigenvalue weighted by Gasteiger charge is 1.99. The fourth-order valence-corrected chi connectivity index (χ4v) is 0.501. The van der Waals surface area contributed by atoms with Crippen LogP contribution in [0.2, 0.25) is 0 Å². The zero-order valence-corrected chi connectivity index (χ0v) is 5.63. The lowest BCUT2D eigenvalue weighted by Gasteiger charge is -2.08. The molecule has 0 rings (SSSR count). The molecule has 4 heteroatoms. The number of nitrogens with one attached hydrogen (secondary N) is 1. The normalized spacial score (nSPS) is 13.7. The zero-order chi connectivity index (χ0) is 7.11. The predicted octanol–water partition coefficient (Wildman–Crippen LogP) is -1.50. The Morgan fingerprint density at radius 3 is 2.89 bits per heavy atom. The summed E-state index contributed by atoms with van der Waals surface area (Å²) in [7, 11) is 1.55. The Morgan fingerprint density at radius 1 is 1.78 bits per heavy atom. The molecule has 0 aliphatic heterocycles. The molecule has 0 bridgehead atoms. The maximum absolute atomic E-state index is 8.94. The SMILES string of the molecule is COCC(O)CNCN. The molecular weight excluding hydrogens is 120 g/mol. The lowest BCUT2D eigenvalue weighted by atomic mass is 10.4. The van der Waals surface area contributed by atoms with Gasteiger partial charge in [0.1, 0.15) is 0 Å². The van der Waals surface area contributed by atoms with Crippen LogP contribution in [0.1, 0.15) is 0 Å². The second-order valence-corrected chi connectivity index (χ2v) is 1.77. The molecule has 4 N–H and O–H groups in total. The van der Waals surface area contributed by atoms with E-state index in [4.69, 9.17) is 10.8 Å². The van der Waals surface area contributed by atoms with Gasteiger partial charge in [0.2, 0.25) is 0 Å². The summed E-state index contributed by atoms with van der Waals surface area (Å²) in [5.74, 6) is 0. The Kier molecular flexibility index (Phi) is 5.86. The molecule has 0 spiro atoms. The third-order valence-electron chi connectivity index (χ3n) is 0.883. The standard InChI is InChI=1S/C5H14N2O2/c1-9-3-5(8)2-7-4-6/h5,7-8H,2-4,6H2,1H3. The van der Waals surface area contributed by atoms with E-state index >= 15 is 0 Å². The highest BCUT2D eigenvalue weighted by Crippen LogP contribution is 1.78. The van der Waals surface area contributed by atoms with Crippen molar-refractivity contribution < 1.29 is 9.84 Å². The van der Waals surface area contributed by atoms with Crippen LogP contribution in [0.3, 0.4) is 0 Å². The minimum atomic E-state index is -0.446. The Labute approximate surface area is 55.0 Å². The molecule has 0 saturated carbocycles. The Hall–Kier alpha value is -0.160. The monoisotopic (exact) mass is 134 g/mol. The van der Waals surface area contributed by atoms with Gasteiger partial charge in [0.25, 0.3) is 0 Å². The maximum atomic E-state index is 8.94. The fourth-order valence-electron chi connectivity index (χ4n) is 0.501. The summed E-state index contributed by atoms with van der Waals surface area (Å²) in [6, 6.07) is 0. The second kappa shape index (κ2) is 5.97. The van der Waals surface area contributed by atoms with Gasteiger partial charge in [-0.15, -0.1) is 0 Å². The minimum Gasteiger partial charge on any atom is -0.389 e. The van der Waals surface area contributed by atoms with Gasteiger partial charge in [0.05, 0.1) is 12.7 Å². The molecule has 0 aliphatic rings. The van der Waals surface area contributed by atoms with Gasteiger partial charge in [-0.05, 0) is 0 Å². The highest BCUT2D eigenvalue weighted by atomic mass is 16.5. The average molecular weight is 134 g/mol. The van der Waals surface area contributed by atoms with Crippen molar-refractivity contribution >= 4 is 0 Å². The van der Waals surface area contributed by atoms with Crippen LogP contribution in [0.15, 0.2) is 0 Å². The van der Waals surface area contributed by atoms with E-state index < -0.39 is 6.10 Å². The van der Waals surface area contributed by atoms with E-state index in [2.05, 4.69) is 10.1 Å². The van der Waals surface area contributed by atoms with Crippen LogP contribution in [0.25, 0.3) is 0 Å². The van der Waals surface area contributed by atoms with Gasteiger partial charge in [0.15, 0.2) is 0 Å². The summed E-state index contributed by atoms with van der Waals surface area (Å²) >= 11 is 0. The molecule has 9 heavy (non-hydrogen) atoms. The van der Waals surface area contributed by atoms with Crippen molar-refractivity contribution in [2.75, 3.05) is 26.9 Å². The maximum Gasteiger partial charge on any atom is 0.0897 e. The Morgan fingerprint density at radius 2 is 2.44 bits per heavy atom. The molecule has 4 nitrogen and oxygen atoms in total. The van der Waals surface area contributed by atoms with E-state index in [0.29, 0.717) is 19.8 Å². The highest BCUT2D eigenvalue weighted by molar-refractivity contribution is 4.55. The fraction of sp³-hybridized carbons (Fsp3) is 1.00. The van der Waals surface area contributed by atoms with E-state index in [1.807, 2.05) is 0 Å². The van der Waals surface area contributed by atoms with Gasteiger partial charge in [-0.1, -0.05) is 0 Å². The molecule has 0 saturated heterocycles. The first-order chi connectivity index (χ1) is 4.31. The van der Waals surface area contributed by atoms with Crippen molar-refractivity contribution in [3.05, 3.63) is 0 Å². The van der Waals surface area contributed by atoms with Crippen LogP contribution in [0, 0.1) is 0 Å². The van der Waals surface area contributed by atoms with Gasteiger partial charge in [-0.2, -0.15) is 0 Å². The van der Waals surface area contributed by atoms with Crippen molar-refractivity contribution in [1.29, 1.82) is 0 Å². The van der Waals surface area contributed by atoms with Gasteiger partial charge in [0, 0.05) is 20.3 Å². The second-order valence-electron chi connectivity index (χ2n) is 1.77. The summed E-state index contributed by atoms with van der Waals surface area (Å²) in [6.45, 7) is 1.23. The molecule has 1 unspecified atom stereocenters. The first kappa shape index (κ1) is 8.84. The average Bonchev–Trinajstić information content (AvgIpc) is 1.85. The molecule has 0 heterocycles. The number of aliphatic hydroxyl groups is 1. The number of methoxy groups -OCH3 is 1. The third kappa shape index (κ3) is 5.72. The minimum absolute atomic E-state index is 0.354. The first-order valence-corrected chi connectivity index (χ1v) is 2.89. The van der Waals surface area contributed by atoms with Crippen LogP contribution in [0.5, 0.6) is 0 Å². The quantitative estimate of drug-likeness (QED) is 0.400. The number of rotatable bonds is 5. The van der Waals surface area contributed by atoms with Gasteiger partial charge < -0.3 is 20.9 Å². The summed E-state index contributed by atoms with van der Waals surface area (Å²) in [5.41, 5.74) is 5.11. The van der Waals surface area contributed by atoms with Crippen molar-refractivity contribution in [3.8, 4) is 0 Å². The molecule has 0 aromatic carbocycles. The lowest BCUT2D eigenvalue weighted by molar-refractivity contribution is 0.0648. The van der Waals surface area contributed by atoms with E-state index in [9.17, 15) is 0 Å². The van der Waals surface area contributed by atoms with Crippen molar-refractivity contribution in [2.45, 2.75) is 6.10 Å². The van der Waals surface area contributed by atoms with Crippen LogP contribution < -0.4 is 11.1 Å². The molecular formula is C5H14N2O2. The molecule has 0 aromatic rings. The van der Waals surface area contributed by atoms with Gasteiger partial charge >= 0.3 is 0 Å². The zero-order valence-electron chi connectivity index (χ0n) is 5.63. The van der Waals surface area contributed by atoms with Crippen LogP contribution in [-0.4, -0.2) is 38.1 Å². The molecule has 1 atom stereocenters. The predicted molar refractivity (Wildman–Crippen MR) is 34.9 cm³/mol. The number of aliphatic hydroxyl groups excluding tert-OH is 1. The van der Waals surface area contributed by atoms with E-state index in [0.717, 1.165) is 0 Å². The topological polar surface area (TPSA) is 67.5 Å². The molecule has 0 aliphatic carbocycles. The molecule has 0 fully saturated rings. The van der Waals surface area contributed by atoms with Gasteiger partial charge in [-0.25, -0.2) is 0 Å². The van der Waals surface area contributed by atoms with Gasteiger partial charge in [-0.3, -0.25) is 0 Å². The molecule has 0 aromatic heterocycles. The third-order valence-corrected chi connectivity index (χ3v) is 0.883. The molecule has 0 radical (unpaired) electrons. The largest absolute Gasteiger partial charge is 0.389 e. The summed E-state index contributed by atoms with van der Waals surface area (Å²) < 4.78 is 4.67. The van der Waals surface area contributed by atoms with E-state index in [1.165, 1.54) is 0 Å². The summed E-state index contributed by atoms with van der Waals surface area (Å²) in [4.78, 5) is 0. The number of hydrogen-bond acceptors (Lipinski definition) is 4. The lowest BCUT2D eigenvalue weighted by Crippen LogP contribution is -2.33. The number of hydrogen-bond donors (Lipinski definition) is 3. The number of ether oxygens (including phenoxy) is 1. The number of nitrogens with two attached hydrogens (primary N) is 1. The van der Waals surface area contributed by atoms with Crippen LogP contribution >= 0.6 is 0 Å². The smallest absolute Gasteiger partial charge is 0.0897 e. The summed E-state index contributed by atoms with van der Waals surface area (Å²) in [5, 5.41) is 11.7. The first-order valence-electron chi connectivity index (χ1n) is 2.89. The Balaban J connectivity index is 2.95. The molecule has 0 amide bonds. The van der Waals surface area contributed by atoms with Crippen molar-refractivity contribution in [1.82, 2.24) is 5.32 Å². The van der Waals surface area contributed by atoms with E-state index in [-0.39, 0.29) is 0 Å². The van der Waals surface area contributed by atoms with Crippen molar-refractivity contribution in [3.63, 3.8) is 0 Å².